The Balaban J connectivity index is 1.68. The smallest absolute Gasteiger partial charge is 0.269 e. The van der Waals surface area contributed by atoms with Crippen molar-refractivity contribution in [3.05, 3.63) is 70.1 Å². The normalized spacial score (nSPS) is 10.8. The van der Waals surface area contributed by atoms with Crippen molar-refractivity contribution >= 4 is 22.8 Å². The minimum atomic E-state index is -0.458. The molecule has 0 radical (unpaired) electrons. The van der Waals surface area contributed by atoms with E-state index in [0.717, 1.165) is 11.3 Å². The van der Waals surface area contributed by atoms with Gasteiger partial charge >= 0.3 is 0 Å². The number of thiazole rings is 1. The number of nitrogen functional groups attached to an aromatic ring is 1. The number of nitro groups is 1. The molecular weight excluding hydrogens is 352 g/mol. The quantitative estimate of drug-likeness (QED) is 0.438. The fourth-order valence-corrected chi connectivity index (χ4v) is 3.29. The third-order valence-electron chi connectivity index (χ3n) is 3.79. The standard InChI is InChI=1S/C17H12N6O2S/c18-16-15(17-19-14(10-26-17)11-4-2-1-3-5-11)20-21-22(16)12-6-8-13(9-7-12)23(24)25/h1-10H,18H2. The van der Waals surface area contributed by atoms with E-state index >= 15 is 0 Å². The number of aromatic nitrogens is 4. The number of nitrogens with zero attached hydrogens (tertiary/aromatic N) is 5. The molecule has 0 saturated heterocycles. The van der Waals surface area contributed by atoms with Crippen LogP contribution in [0.5, 0.6) is 0 Å². The Kier molecular flexibility index (Phi) is 3.90. The Morgan fingerprint density at radius 2 is 1.81 bits per heavy atom. The first kappa shape index (κ1) is 15.9. The number of hydrogen-bond donors (Lipinski definition) is 1. The first-order valence-electron chi connectivity index (χ1n) is 7.61. The highest BCUT2D eigenvalue weighted by Crippen LogP contribution is 2.31. The van der Waals surface area contributed by atoms with Gasteiger partial charge in [0.15, 0.2) is 11.5 Å². The summed E-state index contributed by atoms with van der Waals surface area (Å²) in [5, 5.41) is 21.6. The van der Waals surface area contributed by atoms with E-state index < -0.39 is 4.92 Å². The summed E-state index contributed by atoms with van der Waals surface area (Å²) in [5.74, 6) is 0.327. The number of nitrogens with two attached hydrogens (primary N) is 1. The van der Waals surface area contributed by atoms with Crippen LogP contribution in [0.4, 0.5) is 11.5 Å². The molecule has 0 atom stereocenters. The van der Waals surface area contributed by atoms with Crippen molar-refractivity contribution in [3.8, 4) is 27.6 Å². The zero-order valence-electron chi connectivity index (χ0n) is 13.3. The highest BCUT2D eigenvalue weighted by atomic mass is 32.1. The van der Waals surface area contributed by atoms with Crippen molar-refractivity contribution in [1.29, 1.82) is 0 Å². The van der Waals surface area contributed by atoms with Gasteiger partial charge in [-0.05, 0) is 12.1 Å². The lowest BCUT2D eigenvalue weighted by Crippen LogP contribution is -2.02. The summed E-state index contributed by atoms with van der Waals surface area (Å²) in [6.45, 7) is 0. The van der Waals surface area contributed by atoms with E-state index in [9.17, 15) is 10.1 Å². The van der Waals surface area contributed by atoms with Gasteiger partial charge in [0.25, 0.3) is 5.69 Å². The molecule has 0 amide bonds. The van der Waals surface area contributed by atoms with E-state index in [2.05, 4.69) is 15.3 Å². The van der Waals surface area contributed by atoms with Crippen LogP contribution in [-0.2, 0) is 0 Å². The van der Waals surface area contributed by atoms with Gasteiger partial charge in [0.2, 0.25) is 0 Å². The van der Waals surface area contributed by atoms with Crippen molar-refractivity contribution in [2.24, 2.45) is 0 Å². The van der Waals surface area contributed by atoms with Crippen LogP contribution >= 0.6 is 11.3 Å². The van der Waals surface area contributed by atoms with Crippen molar-refractivity contribution in [2.45, 2.75) is 0 Å². The molecule has 0 unspecified atom stereocenters. The Morgan fingerprint density at radius 1 is 1.08 bits per heavy atom. The second-order valence-electron chi connectivity index (χ2n) is 5.41. The van der Waals surface area contributed by atoms with Crippen LogP contribution in [0.2, 0.25) is 0 Å². The molecule has 2 N–H and O–H groups in total. The minimum absolute atomic E-state index is 0.0000802. The van der Waals surface area contributed by atoms with Crippen LogP contribution in [-0.4, -0.2) is 24.9 Å². The number of hydrogen-bond acceptors (Lipinski definition) is 7. The summed E-state index contributed by atoms with van der Waals surface area (Å²) in [5.41, 5.74) is 9.11. The second kappa shape index (κ2) is 6.37. The molecule has 2 heterocycles. The molecule has 4 rings (SSSR count). The molecule has 2 aromatic carbocycles. The number of non-ortho nitro benzene ring substituents is 1. The molecule has 0 aliphatic heterocycles. The van der Waals surface area contributed by atoms with Crippen LogP contribution in [0.25, 0.3) is 27.6 Å². The summed E-state index contributed by atoms with van der Waals surface area (Å²) in [4.78, 5) is 14.9. The van der Waals surface area contributed by atoms with Gasteiger partial charge in [-0.25, -0.2) is 4.98 Å². The first-order chi connectivity index (χ1) is 12.6. The van der Waals surface area contributed by atoms with E-state index in [1.54, 1.807) is 12.1 Å². The molecule has 0 fully saturated rings. The zero-order valence-corrected chi connectivity index (χ0v) is 14.1. The molecule has 0 spiro atoms. The lowest BCUT2D eigenvalue weighted by molar-refractivity contribution is -0.384. The van der Waals surface area contributed by atoms with Gasteiger partial charge in [-0.1, -0.05) is 35.5 Å². The number of anilines is 1. The molecule has 0 bridgehead atoms. The van der Waals surface area contributed by atoms with E-state index in [1.165, 1.54) is 28.2 Å². The first-order valence-corrected chi connectivity index (χ1v) is 8.49. The van der Waals surface area contributed by atoms with Crippen LogP contribution in [0.15, 0.2) is 60.0 Å². The molecule has 2 aromatic heterocycles. The average Bonchev–Trinajstić information content (AvgIpc) is 3.29. The predicted molar refractivity (Wildman–Crippen MR) is 99.0 cm³/mol. The molecule has 0 aliphatic carbocycles. The maximum atomic E-state index is 10.8. The summed E-state index contributed by atoms with van der Waals surface area (Å²) in [7, 11) is 0. The highest BCUT2D eigenvalue weighted by molar-refractivity contribution is 7.13. The number of nitro benzene ring substituents is 1. The lowest BCUT2D eigenvalue weighted by atomic mass is 10.2. The van der Waals surface area contributed by atoms with E-state index in [1.807, 2.05) is 35.7 Å². The van der Waals surface area contributed by atoms with Gasteiger partial charge in [0, 0.05) is 23.1 Å². The molecule has 4 aromatic rings. The van der Waals surface area contributed by atoms with Crippen molar-refractivity contribution in [1.82, 2.24) is 20.0 Å². The van der Waals surface area contributed by atoms with Crippen molar-refractivity contribution in [2.75, 3.05) is 5.73 Å². The van der Waals surface area contributed by atoms with Crippen LogP contribution in [0.3, 0.4) is 0 Å². The summed E-state index contributed by atoms with van der Waals surface area (Å²) in [6.07, 6.45) is 0. The summed E-state index contributed by atoms with van der Waals surface area (Å²) >= 11 is 1.43. The van der Waals surface area contributed by atoms with Crippen LogP contribution in [0, 0.1) is 10.1 Å². The fraction of sp³-hybridized carbons (Fsp3) is 0. The SMILES string of the molecule is Nc1c(-c2nc(-c3ccccc3)cs2)nnn1-c1ccc([N+](=O)[O-])cc1. The third kappa shape index (κ3) is 2.80. The Morgan fingerprint density at radius 3 is 2.50 bits per heavy atom. The molecule has 0 aliphatic rings. The summed E-state index contributed by atoms with van der Waals surface area (Å²) < 4.78 is 1.43. The second-order valence-corrected chi connectivity index (χ2v) is 6.27. The van der Waals surface area contributed by atoms with E-state index in [0.29, 0.717) is 22.2 Å². The van der Waals surface area contributed by atoms with E-state index in [-0.39, 0.29) is 5.69 Å². The molecular formula is C17H12N6O2S. The topological polar surface area (TPSA) is 113 Å². The number of benzene rings is 2. The van der Waals surface area contributed by atoms with Gasteiger partial charge < -0.3 is 5.73 Å². The van der Waals surface area contributed by atoms with Crippen molar-refractivity contribution in [3.63, 3.8) is 0 Å². The maximum absolute atomic E-state index is 10.8. The predicted octanol–water partition coefficient (Wildman–Crippen LogP) is 3.55. The largest absolute Gasteiger partial charge is 0.382 e. The van der Waals surface area contributed by atoms with Crippen LogP contribution < -0.4 is 5.73 Å². The maximum Gasteiger partial charge on any atom is 0.269 e. The van der Waals surface area contributed by atoms with Gasteiger partial charge in [-0.3, -0.25) is 10.1 Å². The monoisotopic (exact) mass is 364 g/mol. The highest BCUT2D eigenvalue weighted by Gasteiger charge is 2.17. The average molecular weight is 364 g/mol. The Bertz CT molecular complexity index is 1070. The van der Waals surface area contributed by atoms with Gasteiger partial charge in [0.1, 0.15) is 5.01 Å². The lowest BCUT2D eigenvalue weighted by Gasteiger charge is -2.02. The van der Waals surface area contributed by atoms with Crippen molar-refractivity contribution < 1.29 is 4.92 Å². The molecule has 0 saturated carbocycles. The number of rotatable bonds is 4. The molecule has 128 valence electrons. The molecule has 9 heteroatoms. The Hall–Kier alpha value is -3.59. The van der Waals surface area contributed by atoms with Gasteiger partial charge in [-0.2, -0.15) is 4.68 Å². The molecule has 26 heavy (non-hydrogen) atoms. The van der Waals surface area contributed by atoms with Gasteiger partial charge in [0.05, 0.1) is 16.3 Å². The molecule has 8 nitrogen and oxygen atoms in total. The third-order valence-corrected chi connectivity index (χ3v) is 4.64. The minimum Gasteiger partial charge on any atom is -0.382 e. The van der Waals surface area contributed by atoms with E-state index in [4.69, 9.17) is 5.73 Å². The fourth-order valence-electron chi connectivity index (χ4n) is 2.47. The Labute approximate surface area is 151 Å². The van der Waals surface area contributed by atoms with Gasteiger partial charge in [-0.15, -0.1) is 16.4 Å². The summed E-state index contributed by atoms with van der Waals surface area (Å²) in [6, 6.07) is 15.8. The van der Waals surface area contributed by atoms with Crippen LogP contribution in [0.1, 0.15) is 0 Å². The zero-order chi connectivity index (χ0) is 18.1.